The second-order valence-electron chi connectivity index (χ2n) is 5.94. The average molecular weight is 399 g/mol. The quantitative estimate of drug-likeness (QED) is 0.539. The topological polar surface area (TPSA) is 74.8 Å². The third kappa shape index (κ3) is 6.13. The molecular formula is C18H20F3N3O2S. The molecule has 0 aliphatic rings. The van der Waals surface area contributed by atoms with E-state index in [0.29, 0.717) is 12.1 Å². The Bertz CT molecular complexity index is 852. The summed E-state index contributed by atoms with van der Waals surface area (Å²) in [5.41, 5.74) is -0.920. The number of aromatic nitrogens is 2. The third-order valence-corrected chi connectivity index (χ3v) is 4.69. The van der Waals surface area contributed by atoms with Gasteiger partial charge in [0.2, 0.25) is 5.91 Å². The van der Waals surface area contributed by atoms with E-state index >= 15 is 0 Å². The zero-order valence-corrected chi connectivity index (χ0v) is 15.7. The molecule has 1 aromatic carbocycles. The Labute approximate surface area is 158 Å². The molecule has 0 radical (unpaired) electrons. The third-order valence-electron chi connectivity index (χ3n) is 3.71. The number of anilines is 1. The Morgan fingerprint density at radius 2 is 2.04 bits per heavy atom. The largest absolute Gasteiger partial charge is 0.418 e. The van der Waals surface area contributed by atoms with E-state index in [1.807, 2.05) is 6.92 Å². The highest BCUT2D eigenvalue weighted by atomic mass is 32.2. The zero-order valence-electron chi connectivity index (χ0n) is 14.9. The Hall–Kier alpha value is -2.29. The van der Waals surface area contributed by atoms with E-state index in [9.17, 15) is 22.8 Å². The van der Waals surface area contributed by atoms with Gasteiger partial charge in [-0.05, 0) is 31.9 Å². The molecule has 0 spiro atoms. The van der Waals surface area contributed by atoms with Crippen LogP contribution in [-0.4, -0.2) is 21.1 Å². The number of carbonyl (C=O) groups is 1. The highest BCUT2D eigenvalue weighted by Crippen LogP contribution is 2.35. The van der Waals surface area contributed by atoms with Crippen molar-refractivity contribution in [3.8, 4) is 0 Å². The number of benzene rings is 1. The second kappa shape index (κ2) is 9.07. The number of H-pyrrole nitrogens is 1. The van der Waals surface area contributed by atoms with E-state index in [-0.39, 0.29) is 16.4 Å². The second-order valence-corrected chi connectivity index (χ2v) is 7.27. The predicted molar refractivity (Wildman–Crippen MR) is 98.9 cm³/mol. The summed E-state index contributed by atoms with van der Waals surface area (Å²) in [7, 11) is 0. The smallest absolute Gasteiger partial charge is 0.325 e. The molecule has 27 heavy (non-hydrogen) atoms. The minimum atomic E-state index is -4.57. The van der Waals surface area contributed by atoms with E-state index in [2.05, 4.69) is 15.3 Å². The molecule has 0 aliphatic carbocycles. The van der Waals surface area contributed by atoms with E-state index in [4.69, 9.17) is 0 Å². The van der Waals surface area contributed by atoms with Crippen LogP contribution in [0.2, 0.25) is 0 Å². The number of hydrogen-bond acceptors (Lipinski definition) is 4. The van der Waals surface area contributed by atoms with Crippen LogP contribution in [-0.2, 0) is 17.4 Å². The number of rotatable bonds is 7. The first-order valence-electron chi connectivity index (χ1n) is 8.44. The molecule has 0 saturated heterocycles. The highest BCUT2D eigenvalue weighted by molar-refractivity contribution is 8.00. The van der Waals surface area contributed by atoms with Gasteiger partial charge in [-0.3, -0.25) is 9.59 Å². The van der Waals surface area contributed by atoms with Gasteiger partial charge in [0.25, 0.3) is 5.56 Å². The van der Waals surface area contributed by atoms with Gasteiger partial charge in [-0.15, -0.1) is 0 Å². The van der Waals surface area contributed by atoms with E-state index < -0.39 is 22.9 Å². The number of carbonyl (C=O) groups excluding carboxylic acids is 1. The fourth-order valence-electron chi connectivity index (χ4n) is 2.32. The van der Waals surface area contributed by atoms with Crippen LogP contribution in [0.1, 0.15) is 37.9 Å². The lowest BCUT2D eigenvalue weighted by atomic mass is 10.1. The number of nitrogens with zero attached hydrogens (tertiary/aromatic N) is 1. The number of alkyl halides is 3. The summed E-state index contributed by atoms with van der Waals surface area (Å²) in [6.07, 6.45) is -2.09. The monoisotopic (exact) mass is 399 g/mol. The molecule has 1 heterocycles. The molecule has 2 rings (SSSR count). The molecule has 1 aromatic heterocycles. The summed E-state index contributed by atoms with van der Waals surface area (Å²) in [5, 5.41) is 1.81. The van der Waals surface area contributed by atoms with Crippen LogP contribution in [0, 0.1) is 0 Å². The van der Waals surface area contributed by atoms with Gasteiger partial charge in [0.05, 0.1) is 16.5 Å². The Balaban J connectivity index is 2.11. The van der Waals surface area contributed by atoms with E-state index in [1.54, 1.807) is 0 Å². The first-order chi connectivity index (χ1) is 12.7. The molecule has 2 N–H and O–H groups in total. The van der Waals surface area contributed by atoms with Crippen molar-refractivity contribution in [2.75, 3.05) is 5.32 Å². The Morgan fingerprint density at radius 3 is 2.70 bits per heavy atom. The van der Waals surface area contributed by atoms with Gasteiger partial charge in [0.15, 0.2) is 5.16 Å². The Morgan fingerprint density at radius 1 is 1.33 bits per heavy atom. The molecular weight excluding hydrogens is 379 g/mol. The normalized spacial score (nSPS) is 12.6. The lowest BCUT2D eigenvalue weighted by Crippen LogP contribution is -2.25. The molecule has 0 fully saturated rings. The summed E-state index contributed by atoms with van der Waals surface area (Å²) in [6, 6.07) is 6.18. The molecule has 1 unspecified atom stereocenters. The van der Waals surface area contributed by atoms with Crippen LogP contribution >= 0.6 is 11.8 Å². The maximum absolute atomic E-state index is 13.0. The number of unbranched alkanes of at least 4 members (excludes halogenated alkanes) is 1. The van der Waals surface area contributed by atoms with Crippen molar-refractivity contribution in [2.45, 2.75) is 49.7 Å². The number of amides is 1. The number of aryl methyl sites for hydroxylation is 1. The molecule has 1 amide bonds. The van der Waals surface area contributed by atoms with Crippen LogP contribution in [0.4, 0.5) is 18.9 Å². The van der Waals surface area contributed by atoms with Crippen LogP contribution in [0.15, 0.2) is 40.3 Å². The van der Waals surface area contributed by atoms with Crippen molar-refractivity contribution < 1.29 is 18.0 Å². The van der Waals surface area contributed by atoms with Crippen molar-refractivity contribution in [2.24, 2.45) is 0 Å². The molecule has 0 bridgehead atoms. The van der Waals surface area contributed by atoms with E-state index in [1.165, 1.54) is 31.2 Å². The molecule has 0 saturated carbocycles. The fraction of sp³-hybridized carbons (Fsp3) is 0.389. The van der Waals surface area contributed by atoms with Crippen LogP contribution in [0.25, 0.3) is 0 Å². The van der Waals surface area contributed by atoms with Crippen molar-refractivity contribution >= 4 is 23.4 Å². The average Bonchev–Trinajstić information content (AvgIpc) is 2.59. The number of thioether (sulfide) groups is 1. The minimum Gasteiger partial charge on any atom is -0.325 e. The van der Waals surface area contributed by atoms with Crippen molar-refractivity contribution in [1.82, 2.24) is 9.97 Å². The maximum atomic E-state index is 13.0. The van der Waals surface area contributed by atoms with Crippen molar-refractivity contribution in [3.63, 3.8) is 0 Å². The first kappa shape index (κ1) is 21.0. The summed E-state index contributed by atoms with van der Waals surface area (Å²) in [5.74, 6) is -0.613. The van der Waals surface area contributed by atoms with Gasteiger partial charge in [-0.2, -0.15) is 13.2 Å². The molecule has 0 aliphatic heterocycles. The molecule has 2 aromatic rings. The fourth-order valence-corrected chi connectivity index (χ4v) is 3.15. The number of para-hydroxylation sites is 1. The predicted octanol–water partition coefficient (Wildman–Crippen LogP) is 4.25. The summed E-state index contributed by atoms with van der Waals surface area (Å²) >= 11 is 0.986. The van der Waals surface area contributed by atoms with Gasteiger partial charge >= 0.3 is 6.18 Å². The number of halogens is 3. The van der Waals surface area contributed by atoms with Gasteiger partial charge in [-0.1, -0.05) is 37.2 Å². The summed E-state index contributed by atoms with van der Waals surface area (Å²) < 4.78 is 39.1. The van der Waals surface area contributed by atoms with E-state index in [0.717, 1.165) is 30.7 Å². The van der Waals surface area contributed by atoms with Gasteiger partial charge < -0.3 is 10.3 Å². The van der Waals surface area contributed by atoms with Crippen molar-refractivity contribution in [1.29, 1.82) is 0 Å². The maximum Gasteiger partial charge on any atom is 0.418 e. The van der Waals surface area contributed by atoms with Crippen LogP contribution < -0.4 is 10.9 Å². The number of hydrogen-bond donors (Lipinski definition) is 2. The minimum absolute atomic E-state index is 0.264. The van der Waals surface area contributed by atoms with Crippen molar-refractivity contribution in [3.05, 3.63) is 51.9 Å². The highest BCUT2D eigenvalue weighted by Gasteiger charge is 2.34. The molecule has 1 atom stereocenters. The van der Waals surface area contributed by atoms with Gasteiger partial charge in [-0.25, -0.2) is 4.98 Å². The Kier molecular flexibility index (Phi) is 7.06. The molecule has 146 valence electrons. The first-order valence-corrected chi connectivity index (χ1v) is 9.32. The lowest BCUT2D eigenvalue weighted by Gasteiger charge is -2.16. The standard InChI is InChI=1S/C18H20F3N3O2S/c1-3-4-7-12-10-15(25)24-17(22-12)27-11(2)16(26)23-14-9-6-5-8-13(14)18(19,20)21/h5-6,8-11H,3-4,7H2,1-2H3,(H,23,26)(H,22,24,25). The SMILES string of the molecule is CCCCc1cc(=O)[nH]c(SC(C)C(=O)Nc2ccccc2C(F)(F)F)n1. The lowest BCUT2D eigenvalue weighted by molar-refractivity contribution is -0.137. The van der Waals surface area contributed by atoms with Gasteiger partial charge in [0, 0.05) is 11.8 Å². The summed E-state index contributed by atoms with van der Waals surface area (Å²) in [4.78, 5) is 30.9. The zero-order chi connectivity index (χ0) is 20.0. The number of aromatic amines is 1. The van der Waals surface area contributed by atoms with Crippen LogP contribution in [0.3, 0.4) is 0 Å². The molecule has 9 heteroatoms. The molecule has 5 nitrogen and oxygen atoms in total. The van der Waals surface area contributed by atoms with Crippen LogP contribution in [0.5, 0.6) is 0 Å². The summed E-state index contributed by atoms with van der Waals surface area (Å²) in [6.45, 7) is 3.56. The number of nitrogens with one attached hydrogen (secondary N) is 2. The van der Waals surface area contributed by atoms with Gasteiger partial charge in [0.1, 0.15) is 0 Å².